The van der Waals surface area contributed by atoms with Crippen molar-refractivity contribution < 1.29 is 4.39 Å². The van der Waals surface area contributed by atoms with Crippen LogP contribution in [0.25, 0.3) is 0 Å². The quantitative estimate of drug-likeness (QED) is 0.729. The van der Waals surface area contributed by atoms with Gasteiger partial charge in [0.25, 0.3) is 0 Å². The monoisotopic (exact) mass is 348 g/mol. The number of halogens is 4. The van der Waals surface area contributed by atoms with Gasteiger partial charge in [0.05, 0.1) is 27.1 Å². The Morgan fingerprint density at radius 3 is 2.44 bits per heavy atom. The molecule has 0 unspecified atom stereocenters. The molecule has 18 heavy (non-hydrogen) atoms. The van der Waals surface area contributed by atoms with Crippen molar-refractivity contribution in [2.24, 2.45) is 0 Å². The van der Waals surface area contributed by atoms with Crippen LogP contribution in [-0.2, 0) is 0 Å². The number of rotatable bonds is 2. The van der Waals surface area contributed by atoms with Gasteiger partial charge in [0.2, 0.25) is 0 Å². The molecule has 0 fully saturated rings. The second-order valence-electron chi connectivity index (χ2n) is 3.60. The maximum atomic E-state index is 13.2. The van der Waals surface area contributed by atoms with E-state index in [1.165, 1.54) is 12.1 Å². The fourth-order valence-corrected chi connectivity index (χ4v) is 2.09. The van der Waals surface area contributed by atoms with E-state index in [1.54, 1.807) is 18.2 Å². The highest BCUT2D eigenvalue weighted by molar-refractivity contribution is 9.10. The minimum atomic E-state index is -0.348. The normalized spacial score (nSPS) is 10.4. The van der Waals surface area contributed by atoms with Gasteiger partial charge in [-0.1, -0.05) is 23.2 Å². The molecular weight excluding hydrogens is 342 g/mol. The average Bonchev–Trinajstić information content (AvgIpc) is 2.30. The molecule has 6 heteroatoms. The molecule has 2 rings (SSSR count). The van der Waals surface area contributed by atoms with Crippen molar-refractivity contribution >= 4 is 56.2 Å². The zero-order valence-electron chi connectivity index (χ0n) is 8.98. The van der Waals surface area contributed by atoms with Crippen molar-refractivity contribution in [1.29, 1.82) is 0 Å². The molecule has 0 aromatic heterocycles. The zero-order chi connectivity index (χ0) is 13.3. The van der Waals surface area contributed by atoms with Gasteiger partial charge < -0.3 is 11.1 Å². The van der Waals surface area contributed by atoms with Crippen LogP contribution in [-0.4, -0.2) is 0 Å². The molecule has 0 aliphatic rings. The Labute approximate surface area is 122 Å². The van der Waals surface area contributed by atoms with Crippen LogP contribution in [0.5, 0.6) is 0 Å². The van der Waals surface area contributed by atoms with Gasteiger partial charge in [-0.05, 0) is 46.3 Å². The van der Waals surface area contributed by atoms with E-state index < -0.39 is 0 Å². The van der Waals surface area contributed by atoms with E-state index >= 15 is 0 Å². The summed E-state index contributed by atoms with van der Waals surface area (Å²) in [5.41, 5.74) is 7.36. The van der Waals surface area contributed by atoms with Gasteiger partial charge in [0, 0.05) is 4.47 Å². The molecule has 0 amide bonds. The number of hydrogen-bond donors (Lipinski definition) is 2. The first-order valence-corrected chi connectivity index (χ1v) is 6.49. The molecule has 0 saturated heterocycles. The van der Waals surface area contributed by atoms with E-state index in [0.29, 0.717) is 27.1 Å². The minimum absolute atomic E-state index is 0.348. The maximum absolute atomic E-state index is 13.2. The maximum Gasteiger partial charge on any atom is 0.125 e. The number of nitrogen functional groups attached to an aromatic ring is 1. The molecule has 0 aliphatic carbocycles. The predicted molar refractivity (Wildman–Crippen MR) is 78.3 cm³/mol. The van der Waals surface area contributed by atoms with E-state index in [-0.39, 0.29) is 5.82 Å². The third-order valence-corrected chi connectivity index (χ3v) is 3.70. The van der Waals surface area contributed by atoms with Crippen LogP contribution < -0.4 is 11.1 Å². The topological polar surface area (TPSA) is 38.0 Å². The Kier molecular flexibility index (Phi) is 4.00. The summed E-state index contributed by atoms with van der Waals surface area (Å²) < 4.78 is 13.9. The summed E-state index contributed by atoms with van der Waals surface area (Å²) in [5.74, 6) is -0.348. The van der Waals surface area contributed by atoms with Crippen LogP contribution in [0.15, 0.2) is 34.8 Å². The third-order valence-electron chi connectivity index (χ3n) is 2.29. The Morgan fingerprint density at radius 2 is 1.72 bits per heavy atom. The summed E-state index contributed by atoms with van der Waals surface area (Å²) in [4.78, 5) is 0. The van der Waals surface area contributed by atoms with Gasteiger partial charge in [0.15, 0.2) is 0 Å². The van der Waals surface area contributed by atoms with Crippen LogP contribution in [0.4, 0.5) is 21.5 Å². The first-order chi connectivity index (χ1) is 8.47. The highest BCUT2D eigenvalue weighted by atomic mass is 79.9. The standard InChI is InChI=1S/C12H8BrCl2FN2/c13-7-2-1-6(16)3-11(7)18-12-5-9(15)8(14)4-10(12)17/h1-5,18H,17H2. The van der Waals surface area contributed by atoms with Gasteiger partial charge in [0.1, 0.15) is 5.82 Å². The molecule has 0 aliphatic heterocycles. The number of anilines is 3. The summed E-state index contributed by atoms with van der Waals surface area (Å²) in [6.07, 6.45) is 0. The molecule has 2 aromatic carbocycles. The van der Waals surface area contributed by atoms with Crippen molar-refractivity contribution in [2.45, 2.75) is 0 Å². The first kappa shape index (κ1) is 13.5. The van der Waals surface area contributed by atoms with Crippen LogP contribution in [0, 0.1) is 5.82 Å². The van der Waals surface area contributed by atoms with Gasteiger partial charge in [-0.3, -0.25) is 0 Å². The average molecular weight is 350 g/mol. The molecule has 2 aromatic rings. The van der Waals surface area contributed by atoms with E-state index in [2.05, 4.69) is 21.2 Å². The molecule has 0 atom stereocenters. The molecule has 3 N–H and O–H groups in total. The van der Waals surface area contributed by atoms with Crippen molar-refractivity contribution in [2.75, 3.05) is 11.1 Å². The van der Waals surface area contributed by atoms with Gasteiger partial charge in [-0.25, -0.2) is 4.39 Å². The van der Waals surface area contributed by atoms with Gasteiger partial charge in [-0.15, -0.1) is 0 Å². The van der Waals surface area contributed by atoms with Gasteiger partial charge in [-0.2, -0.15) is 0 Å². The van der Waals surface area contributed by atoms with Crippen LogP contribution in [0.3, 0.4) is 0 Å². The third kappa shape index (κ3) is 2.88. The summed E-state index contributed by atoms with van der Waals surface area (Å²) >= 11 is 15.1. The van der Waals surface area contributed by atoms with Crippen molar-refractivity contribution in [1.82, 2.24) is 0 Å². The summed E-state index contributed by atoms with van der Waals surface area (Å²) in [6.45, 7) is 0. The zero-order valence-corrected chi connectivity index (χ0v) is 12.1. The van der Waals surface area contributed by atoms with Crippen LogP contribution in [0.2, 0.25) is 10.0 Å². The lowest BCUT2D eigenvalue weighted by atomic mass is 10.2. The van der Waals surface area contributed by atoms with Gasteiger partial charge >= 0.3 is 0 Å². The molecule has 94 valence electrons. The molecule has 2 nitrogen and oxygen atoms in total. The molecule has 0 radical (unpaired) electrons. The highest BCUT2D eigenvalue weighted by Gasteiger charge is 2.08. The Morgan fingerprint density at radius 1 is 1.06 bits per heavy atom. The second kappa shape index (κ2) is 5.34. The van der Waals surface area contributed by atoms with E-state index in [9.17, 15) is 4.39 Å². The molecular formula is C12H8BrCl2FN2. The molecule has 0 saturated carbocycles. The lowest BCUT2D eigenvalue weighted by Gasteiger charge is -2.12. The number of nitrogens with two attached hydrogens (primary N) is 1. The first-order valence-electron chi connectivity index (χ1n) is 4.94. The number of nitrogens with one attached hydrogen (secondary N) is 1. The lowest BCUT2D eigenvalue weighted by Crippen LogP contribution is -1.97. The van der Waals surface area contributed by atoms with E-state index in [0.717, 1.165) is 4.47 Å². The smallest absolute Gasteiger partial charge is 0.125 e. The Balaban J connectivity index is 2.40. The summed E-state index contributed by atoms with van der Waals surface area (Å²) in [5, 5.41) is 3.74. The molecule has 0 spiro atoms. The summed E-state index contributed by atoms with van der Waals surface area (Å²) in [6, 6.07) is 7.45. The molecule has 0 heterocycles. The van der Waals surface area contributed by atoms with Crippen LogP contribution >= 0.6 is 39.1 Å². The number of benzene rings is 2. The molecule has 0 bridgehead atoms. The van der Waals surface area contributed by atoms with E-state index in [4.69, 9.17) is 28.9 Å². The fraction of sp³-hybridized carbons (Fsp3) is 0. The highest BCUT2D eigenvalue weighted by Crippen LogP contribution is 2.34. The largest absolute Gasteiger partial charge is 0.397 e. The Hall–Kier alpha value is -0.970. The predicted octanol–water partition coefficient (Wildman–Crippen LogP) is 5.22. The minimum Gasteiger partial charge on any atom is -0.397 e. The Bertz CT molecular complexity index is 605. The van der Waals surface area contributed by atoms with Crippen molar-refractivity contribution in [3.05, 3.63) is 50.7 Å². The summed E-state index contributed by atoms with van der Waals surface area (Å²) in [7, 11) is 0. The SMILES string of the molecule is Nc1cc(Cl)c(Cl)cc1Nc1cc(F)ccc1Br. The number of hydrogen-bond acceptors (Lipinski definition) is 2. The van der Waals surface area contributed by atoms with Crippen molar-refractivity contribution in [3.8, 4) is 0 Å². The lowest BCUT2D eigenvalue weighted by molar-refractivity contribution is 0.628. The van der Waals surface area contributed by atoms with E-state index in [1.807, 2.05) is 0 Å². The van der Waals surface area contributed by atoms with Crippen LogP contribution in [0.1, 0.15) is 0 Å². The second-order valence-corrected chi connectivity index (χ2v) is 5.27. The van der Waals surface area contributed by atoms with Crippen molar-refractivity contribution in [3.63, 3.8) is 0 Å². The fourth-order valence-electron chi connectivity index (χ4n) is 1.41.